The number of unbranched alkanes of at least 4 members (excludes halogenated alkanes) is 24. The van der Waals surface area contributed by atoms with Crippen LogP contribution in [0.15, 0.2) is 12.2 Å². The van der Waals surface area contributed by atoms with E-state index in [2.05, 4.69) is 19.2 Å². The highest BCUT2D eigenvalue weighted by Crippen LogP contribution is 2.22. The van der Waals surface area contributed by atoms with Gasteiger partial charge in [-0.25, -0.2) is 0 Å². The van der Waals surface area contributed by atoms with Gasteiger partial charge in [0.1, 0.15) is 24.4 Å². The number of carbonyl (C=O) groups excluding carboxylic acids is 1. The van der Waals surface area contributed by atoms with Gasteiger partial charge in [-0.05, 0) is 19.3 Å². The fraction of sp³-hybridized carbons (Fsp3) is 0.927. The molecule has 6 N–H and O–H groups in total. The molecule has 9 nitrogen and oxygen atoms in total. The van der Waals surface area contributed by atoms with Crippen LogP contribution in [0.25, 0.3) is 0 Å². The molecule has 296 valence electrons. The summed E-state index contributed by atoms with van der Waals surface area (Å²) in [5, 5.41) is 54.0. The molecule has 1 fully saturated rings. The molecule has 50 heavy (non-hydrogen) atoms. The Kier molecular flexibility index (Phi) is 30.6. The molecule has 0 aliphatic carbocycles. The third kappa shape index (κ3) is 23.5. The number of amides is 1. The summed E-state index contributed by atoms with van der Waals surface area (Å²) in [6.07, 6.45) is 28.2. The van der Waals surface area contributed by atoms with Gasteiger partial charge in [0.25, 0.3) is 0 Å². The topological polar surface area (TPSA) is 149 Å². The average molecular weight is 714 g/mol. The zero-order valence-corrected chi connectivity index (χ0v) is 32.2. The van der Waals surface area contributed by atoms with Crippen LogP contribution in [0, 0.1) is 0 Å². The molecule has 1 rings (SSSR count). The van der Waals surface area contributed by atoms with Crippen LogP contribution in [-0.2, 0) is 14.3 Å². The van der Waals surface area contributed by atoms with E-state index in [-0.39, 0.29) is 12.5 Å². The number of aliphatic hydroxyl groups is 5. The molecule has 0 aromatic carbocycles. The molecule has 1 aliphatic heterocycles. The summed E-state index contributed by atoms with van der Waals surface area (Å²) in [4.78, 5) is 12.9. The number of aliphatic hydroxyl groups excluding tert-OH is 5. The number of hydrogen-bond acceptors (Lipinski definition) is 8. The maximum Gasteiger partial charge on any atom is 0.220 e. The van der Waals surface area contributed by atoms with Crippen molar-refractivity contribution in [3.63, 3.8) is 0 Å². The Morgan fingerprint density at radius 3 is 1.56 bits per heavy atom. The molecule has 1 heterocycles. The van der Waals surface area contributed by atoms with Gasteiger partial charge in [-0.3, -0.25) is 4.79 Å². The van der Waals surface area contributed by atoms with Crippen LogP contribution in [0.4, 0.5) is 0 Å². The maximum absolute atomic E-state index is 12.9. The Morgan fingerprint density at radius 2 is 1.10 bits per heavy atom. The van der Waals surface area contributed by atoms with Gasteiger partial charge in [0.05, 0.1) is 25.4 Å². The van der Waals surface area contributed by atoms with E-state index >= 15 is 0 Å². The van der Waals surface area contributed by atoms with Crippen molar-refractivity contribution in [1.29, 1.82) is 0 Å². The van der Waals surface area contributed by atoms with E-state index in [1.807, 2.05) is 6.08 Å². The van der Waals surface area contributed by atoms with E-state index in [4.69, 9.17) is 9.47 Å². The summed E-state index contributed by atoms with van der Waals surface area (Å²) in [5.74, 6) is -0.177. The molecule has 0 aromatic heterocycles. The average Bonchev–Trinajstić information content (AvgIpc) is 3.11. The van der Waals surface area contributed by atoms with Gasteiger partial charge >= 0.3 is 0 Å². The summed E-state index contributed by atoms with van der Waals surface area (Å²) < 4.78 is 11.2. The minimum Gasteiger partial charge on any atom is -0.394 e. The Labute approximate surface area is 306 Å². The van der Waals surface area contributed by atoms with E-state index < -0.39 is 49.5 Å². The molecule has 1 amide bonds. The SMILES string of the molecule is CCCCCCCCCCCCC/C=C/[C@@H](O)[C@H](CO[C@@H]1O[C@H](CO)[C@@H](O)[C@H](O)[C@H]1O)NC(=O)CCCCCCCCCCCCCCCC. The zero-order chi connectivity index (χ0) is 36.7. The van der Waals surface area contributed by atoms with Crippen molar-refractivity contribution < 1.29 is 39.8 Å². The van der Waals surface area contributed by atoms with Gasteiger partial charge in [0.2, 0.25) is 5.91 Å². The van der Waals surface area contributed by atoms with E-state index in [1.54, 1.807) is 6.08 Å². The fourth-order valence-corrected chi connectivity index (χ4v) is 6.68. The van der Waals surface area contributed by atoms with Gasteiger partial charge < -0.3 is 40.3 Å². The maximum atomic E-state index is 12.9. The Balaban J connectivity index is 2.41. The van der Waals surface area contributed by atoms with Crippen LogP contribution in [0.1, 0.15) is 187 Å². The van der Waals surface area contributed by atoms with Crippen molar-refractivity contribution in [2.24, 2.45) is 0 Å². The lowest BCUT2D eigenvalue weighted by Gasteiger charge is -2.40. The first kappa shape index (κ1) is 47.0. The molecule has 0 saturated carbocycles. The summed E-state index contributed by atoms with van der Waals surface area (Å²) in [6, 6.07) is -0.796. The zero-order valence-electron chi connectivity index (χ0n) is 32.2. The molecule has 0 spiro atoms. The molecular weight excluding hydrogens is 634 g/mol. The van der Waals surface area contributed by atoms with Crippen molar-refractivity contribution in [3.8, 4) is 0 Å². The number of allylic oxidation sites excluding steroid dienone is 1. The normalized spacial score (nSPS) is 22.3. The first-order valence-corrected chi connectivity index (χ1v) is 20.9. The van der Waals surface area contributed by atoms with Crippen molar-refractivity contribution in [3.05, 3.63) is 12.2 Å². The lowest BCUT2D eigenvalue weighted by molar-refractivity contribution is -0.302. The van der Waals surface area contributed by atoms with Gasteiger partial charge in [0, 0.05) is 6.42 Å². The van der Waals surface area contributed by atoms with E-state index in [1.165, 1.54) is 128 Å². The van der Waals surface area contributed by atoms with Crippen molar-refractivity contribution in [2.45, 2.75) is 230 Å². The van der Waals surface area contributed by atoms with E-state index in [0.29, 0.717) is 6.42 Å². The predicted molar refractivity (Wildman–Crippen MR) is 203 cm³/mol. The predicted octanol–water partition coefficient (Wildman–Crippen LogP) is 7.78. The first-order chi connectivity index (χ1) is 24.3. The largest absolute Gasteiger partial charge is 0.394 e. The highest BCUT2D eigenvalue weighted by Gasteiger charge is 2.44. The fourth-order valence-electron chi connectivity index (χ4n) is 6.68. The standard InChI is InChI=1S/C41H79NO8/c1-3-5-7-9-11-13-15-17-19-21-23-25-27-29-31-37(45)42-34(33-49-41-40(48)39(47)38(46)36(32-43)50-41)35(44)30-28-26-24-22-20-18-16-14-12-10-8-6-4-2/h28,30,34-36,38-41,43-44,46-48H,3-27,29,31-33H2,1-2H3,(H,42,45)/b30-28+/t34-,35+,36+,38+,39-,40+,41+/m0/s1. The third-order valence-corrected chi connectivity index (χ3v) is 10.1. The summed E-state index contributed by atoms with van der Waals surface area (Å²) in [6.45, 7) is 3.76. The van der Waals surface area contributed by atoms with Gasteiger partial charge in [0.15, 0.2) is 6.29 Å². The number of ether oxygens (including phenoxy) is 2. The minimum atomic E-state index is -1.56. The molecule has 9 heteroatoms. The smallest absolute Gasteiger partial charge is 0.220 e. The van der Waals surface area contributed by atoms with Crippen LogP contribution in [0.2, 0.25) is 0 Å². The van der Waals surface area contributed by atoms with Crippen LogP contribution in [0.3, 0.4) is 0 Å². The molecule has 0 aromatic rings. The lowest BCUT2D eigenvalue weighted by Crippen LogP contribution is -2.60. The lowest BCUT2D eigenvalue weighted by atomic mass is 9.99. The van der Waals surface area contributed by atoms with E-state index in [0.717, 1.165) is 38.5 Å². The molecule has 0 bridgehead atoms. The second kappa shape index (κ2) is 32.6. The Hall–Kier alpha value is -1.07. The molecule has 1 saturated heterocycles. The van der Waals surface area contributed by atoms with Crippen molar-refractivity contribution >= 4 is 5.91 Å². The molecule has 0 radical (unpaired) electrons. The number of carbonyl (C=O) groups is 1. The van der Waals surface area contributed by atoms with Crippen LogP contribution < -0.4 is 5.32 Å². The van der Waals surface area contributed by atoms with E-state index in [9.17, 15) is 30.3 Å². The molecule has 7 atom stereocenters. The molecule has 1 aliphatic rings. The van der Waals surface area contributed by atoms with Crippen molar-refractivity contribution in [1.82, 2.24) is 5.32 Å². The molecule has 0 unspecified atom stereocenters. The number of rotatable bonds is 34. The number of hydrogen-bond donors (Lipinski definition) is 6. The van der Waals surface area contributed by atoms with Gasteiger partial charge in [-0.15, -0.1) is 0 Å². The van der Waals surface area contributed by atoms with Crippen molar-refractivity contribution in [2.75, 3.05) is 13.2 Å². The summed E-state index contributed by atoms with van der Waals surface area (Å²) in [7, 11) is 0. The highest BCUT2D eigenvalue weighted by molar-refractivity contribution is 5.76. The second-order valence-electron chi connectivity index (χ2n) is 14.8. The number of nitrogens with one attached hydrogen (secondary N) is 1. The van der Waals surface area contributed by atoms with Gasteiger partial charge in [-0.1, -0.05) is 174 Å². The Bertz CT molecular complexity index is 797. The second-order valence-corrected chi connectivity index (χ2v) is 14.8. The van der Waals surface area contributed by atoms with Gasteiger partial charge in [-0.2, -0.15) is 0 Å². The Morgan fingerprint density at radius 1 is 0.660 bits per heavy atom. The first-order valence-electron chi connectivity index (χ1n) is 20.9. The summed E-state index contributed by atoms with van der Waals surface area (Å²) in [5.41, 5.74) is 0. The monoisotopic (exact) mass is 714 g/mol. The minimum absolute atomic E-state index is 0.177. The molecular formula is C41H79NO8. The van der Waals surface area contributed by atoms with Crippen LogP contribution in [0.5, 0.6) is 0 Å². The van der Waals surface area contributed by atoms with Crippen LogP contribution in [-0.4, -0.2) is 87.5 Å². The quantitative estimate of drug-likeness (QED) is 0.0293. The summed E-state index contributed by atoms with van der Waals surface area (Å²) >= 11 is 0. The highest BCUT2D eigenvalue weighted by atomic mass is 16.7. The third-order valence-electron chi connectivity index (χ3n) is 10.1. The van der Waals surface area contributed by atoms with Crippen LogP contribution >= 0.6 is 0 Å².